The van der Waals surface area contributed by atoms with Gasteiger partial charge in [0.1, 0.15) is 17.1 Å². The van der Waals surface area contributed by atoms with Crippen LogP contribution in [-0.2, 0) is 6.18 Å². The summed E-state index contributed by atoms with van der Waals surface area (Å²) in [5.41, 5.74) is 1.29. The number of aromatic nitrogens is 1. The molecule has 0 fully saturated rings. The first-order valence-electron chi connectivity index (χ1n) is 8.15. The van der Waals surface area contributed by atoms with Crippen LogP contribution in [0.25, 0.3) is 11.3 Å². The summed E-state index contributed by atoms with van der Waals surface area (Å²) in [6, 6.07) is 6.93. The Balaban J connectivity index is 1.94. The van der Waals surface area contributed by atoms with Gasteiger partial charge in [-0.1, -0.05) is 34.4 Å². The van der Waals surface area contributed by atoms with Crippen molar-refractivity contribution in [2.45, 2.75) is 13.1 Å². The molecule has 0 saturated carbocycles. The molecule has 2 aromatic carbocycles. The van der Waals surface area contributed by atoms with Crippen molar-refractivity contribution in [1.82, 2.24) is 5.16 Å². The smallest absolute Gasteiger partial charge is 0.360 e. The fourth-order valence-corrected chi connectivity index (χ4v) is 3.13. The van der Waals surface area contributed by atoms with Crippen molar-refractivity contribution >= 4 is 40.8 Å². The van der Waals surface area contributed by atoms with Crippen LogP contribution in [0, 0.1) is 17.0 Å². The first-order chi connectivity index (χ1) is 14.1. The molecule has 0 bridgehead atoms. The van der Waals surface area contributed by atoms with Crippen molar-refractivity contribution in [1.29, 1.82) is 0 Å². The lowest BCUT2D eigenvalue weighted by atomic mass is 10.1. The Morgan fingerprint density at radius 2 is 1.90 bits per heavy atom. The Kier molecular flexibility index (Phi) is 5.99. The molecule has 0 aliphatic heterocycles. The highest BCUT2D eigenvalue weighted by molar-refractivity contribution is 6.39. The molecule has 0 unspecified atom stereocenters. The van der Waals surface area contributed by atoms with Crippen molar-refractivity contribution in [2.24, 2.45) is 5.10 Å². The molecule has 12 heteroatoms. The Morgan fingerprint density at radius 3 is 2.50 bits per heavy atom. The largest absolute Gasteiger partial charge is 0.416 e. The first-order valence-corrected chi connectivity index (χ1v) is 8.90. The van der Waals surface area contributed by atoms with Crippen molar-refractivity contribution in [3.63, 3.8) is 0 Å². The van der Waals surface area contributed by atoms with Gasteiger partial charge in [-0.05, 0) is 31.2 Å². The number of hydrazone groups is 1. The summed E-state index contributed by atoms with van der Waals surface area (Å²) in [6.07, 6.45) is -3.46. The number of nitro groups is 1. The van der Waals surface area contributed by atoms with Crippen LogP contribution in [-0.4, -0.2) is 16.3 Å². The van der Waals surface area contributed by atoms with Crippen LogP contribution in [0.2, 0.25) is 10.0 Å². The molecule has 0 aliphatic carbocycles. The molecule has 3 aromatic rings. The number of hydrogen-bond donors (Lipinski definition) is 1. The standard InChI is InChI=1S/C18H11Cl2F3N4O3/c1-9-11(17(26-30-9)16-12(19)3-2-4-13(16)20)8-24-25-14-6-5-10(18(21,22)23)7-15(14)27(28)29/h2-8,25H,1H3/b24-8+. The molecule has 0 spiro atoms. The fraction of sp³-hybridized carbons (Fsp3) is 0.111. The highest BCUT2D eigenvalue weighted by atomic mass is 35.5. The second-order valence-electron chi connectivity index (χ2n) is 5.95. The average Bonchev–Trinajstić information content (AvgIpc) is 3.01. The maximum atomic E-state index is 12.8. The van der Waals surface area contributed by atoms with Crippen LogP contribution in [0.4, 0.5) is 24.5 Å². The number of hydrogen-bond acceptors (Lipinski definition) is 6. The van der Waals surface area contributed by atoms with E-state index >= 15 is 0 Å². The van der Waals surface area contributed by atoms with Crippen LogP contribution in [0.5, 0.6) is 0 Å². The Bertz CT molecular complexity index is 1130. The topological polar surface area (TPSA) is 93.6 Å². The zero-order valence-corrected chi connectivity index (χ0v) is 16.5. The number of nitrogens with zero attached hydrogens (tertiary/aromatic N) is 3. The van der Waals surface area contributed by atoms with Gasteiger partial charge in [0.05, 0.1) is 32.3 Å². The van der Waals surface area contributed by atoms with Crippen molar-refractivity contribution in [2.75, 3.05) is 5.43 Å². The summed E-state index contributed by atoms with van der Waals surface area (Å²) in [4.78, 5) is 10.2. The van der Waals surface area contributed by atoms with Gasteiger partial charge in [-0.2, -0.15) is 18.3 Å². The lowest BCUT2D eigenvalue weighted by Crippen LogP contribution is -2.06. The third-order valence-electron chi connectivity index (χ3n) is 4.01. The number of nitro benzene ring substituents is 1. The molecule has 30 heavy (non-hydrogen) atoms. The zero-order chi connectivity index (χ0) is 22.1. The van der Waals surface area contributed by atoms with Crippen molar-refractivity contribution in [3.05, 3.63) is 73.4 Å². The van der Waals surface area contributed by atoms with Crippen LogP contribution in [0.15, 0.2) is 46.0 Å². The van der Waals surface area contributed by atoms with Crippen LogP contribution >= 0.6 is 23.2 Å². The Hall–Kier alpha value is -3.11. The lowest BCUT2D eigenvalue weighted by molar-refractivity contribution is -0.384. The number of halogens is 5. The highest BCUT2D eigenvalue weighted by Gasteiger charge is 2.33. The summed E-state index contributed by atoms with van der Waals surface area (Å²) in [5, 5.41) is 19.6. The number of aryl methyl sites for hydroxylation is 1. The molecule has 1 heterocycles. The third kappa shape index (κ3) is 4.39. The van der Waals surface area contributed by atoms with E-state index in [0.29, 0.717) is 39.1 Å². The second kappa shape index (κ2) is 8.33. The molecule has 0 aliphatic rings. The van der Waals surface area contributed by atoms with Gasteiger partial charge in [0.2, 0.25) is 0 Å². The highest BCUT2D eigenvalue weighted by Crippen LogP contribution is 2.37. The molecule has 1 aromatic heterocycles. The predicted molar refractivity (Wildman–Crippen MR) is 106 cm³/mol. The van der Waals surface area contributed by atoms with Crippen LogP contribution in [0.3, 0.4) is 0 Å². The third-order valence-corrected chi connectivity index (χ3v) is 4.64. The van der Waals surface area contributed by atoms with Gasteiger partial charge in [0, 0.05) is 11.6 Å². The van der Waals surface area contributed by atoms with Crippen LogP contribution < -0.4 is 5.43 Å². The first kappa shape index (κ1) is 21.6. The van der Waals surface area contributed by atoms with E-state index in [4.69, 9.17) is 27.7 Å². The molecular formula is C18H11Cl2F3N4O3. The van der Waals surface area contributed by atoms with Gasteiger partial charge in [-0.25, -0.2) is 0 Å². The maximum Gasteiger partial charge on any atom is 0.416 e. The number of anilines is 1. The molecule has 0 atom stereocenters. The number of nitrogens with one attached hydrogen (secondary N) is 1. The summed E-state index contributed by atoms with van der Waals surface area (Å²) in [6.45, 7) is 1.60. The van der Waals surface area contributed by atoms with Crippen molar-refractivity contribution in [3.8, 4) is 11.3 Å². The Labute approximate surface area is 177 Å². The van der Waals surface area contributed by atoms with Gasteiger partial charge < -0.3 is 4.52 Å². The SMILES string of the molecule is Cc1onc(-c2c(Cl)cccc2Cl)c1/C=N/Nc1ccc(C(F)(F)F)cc1[N+](=O)[O-]. The number of benzene rings is 2. The molecule has 156 valence electrons. The van der Waals surface area contributed by atoms with Gasteiger partial charge in [-0.3, -0.25) is 15.5 Å². The van der Waals surface area contributed by atoms with E-state index in [1.807, 2.05) is 0 Å². The van der Waals surface area contributed by atoms with Gasteiger partial charge >= 0.3 is 6.18 Å². The zero-order valence-electron chi connectivity index (χ0n) is 15.0. The number of alkyl halides is 3. The fourth-order valence-electron chi connectivity index (χ4n) is 2.56. The van der Waals surface area contributed by atoms with E-state index in [-0.39, 0.29) is 11.4 Å². The monoisotopic (exact) mass is 458 g/mol. The van der Waals surface area contributed by atoms with Gasteiger partial charge in [0.15, 0.2) is 0 Å². The van der Waals surface area contributed by atoms with Crippen LogP contribution in [0.1, 0.15) is 16.9 Å². The predicted octanol–water partition coefficient (Wildman–Crippen LogP) is 6.33. The van der Waals surface area contributed by atoms with E-state index in [1.165, 1.54) is 6.21 Å². The normalized spacial score (nSPS) is 11.8. The number of rotatable bonds is 5. The average molecular weight is 459 g/mol. The quantitative estimate of drug-likeness (QED) is 0.273. The van der Waals surface area contributed by atoms with E-state index in [1.54, 1.807) is 25.1 Å². The van der Waals surface area contributed by atoms with Gasteiger partial charge in [0.25, 0.3) is 5.69 Å². The summed E-state index contributed by atoms with van der Waals surface area (Å²) < 4.78 is 43.6. The molecule has 0 amide bonds. The second-order valence-corrected chi connectivity index (χ2v) is 6.77. The minimum Gasteiger partial charge on any atom is -0.360 e. The molecule has 3 rings (SSSR count). The summed E-state index contributed by atoms with van der Waals surface area (Å²) in [5.74, 6) is 0.355. The van der Waals surface area contributed by atoms with E-state index in [0.717, 1.165) is 6.07 Å². The molecular weight excluding hydrogens is 448 g/mol. The maximum absolute atomic E-state index is 12.8. The molecule has 0 radical (unpaired) electrons. The van der Waals surface area contributed by atoms with E-state index < -0.39 is 22.4 Å². The van der Waals surface area contributed by atoms with Gasteiger partial charge in [-0.15, -0.1) is 0 Å². The molecule has 1 N–H and O–H groups in total. The summed E-state index contributed by atoms with van der Waals surface area (Å²) in [7, 11) is 0. The molecule has 7 nitrogen and oxygen atoms in total. The van der Waals surface area contributed by atoms with E-state index in [2.05, 4.69) is 15.7 Å². The van der Waals surface area contributed by atoms with E-state index in [9.17, 15) is 23.3 Å². The minimum atomic E-state index is -4.71. The van der Waals surface area contributed by atoms with Crippen molar-refractivity contribution < 1.29 is 22.6 Å². The lowest BCUT2D eigenvalue weighted by Gasteiger charge is -2.08. The molecule has 0 saturated heterocycles. The Morgan fingerprint density at radius 1 is 1.23 bits per heavy atom. The summed E-state index contributed by atoms with van der Waals surface area (Å²) >= 11 is 12.4. The minimum absolute atomic E-state index is 0.226.